The van der Waals surface area contributed by atoms with Gasteiger partial charge in [-0.2, -0.15) is 0 Å². The molecule has 1 aromatic heterocycles. The summed E-state index contributed by atoms with van der Waals surface area (Å²) >= 11 is 0. The first-order valence-corrected chi connectivity index (χ1v) is 8.28. The topological polar surface area (TPSA) is 53.1 Å². The molecule has 0 bridgehead atoms. The number of nitrogens with one attached hydrogen (secondary N) is 1. The van der Waals surface area contributed by atoms with E-state index in [0.29, 0.717) is 25.4 Å². The summed E-state index contributed by atoms with van der Waals surface area (Å²) in [5.41, 5.74) is 1.75. The van der Waals surface area contributed by atoms with Gasteiger partial charge in [0.05, 0.1) is 19.7 Å². The van der Waals surface area contributed by atoms with Crippen LogP contribution >= 0.6 is 0 Å². The van der Waals surface area contributed by atoms with E-state index in [-0.39, 0.29) is 5.76 Å². The van der Waals surface area contributed by atoms with Crippen LogP contribution in [0, 0.1) is 0 Å². The first-order chi connectivity index (χ1) is 11.2. The molecule has 0 fully saturated rings. The number of ether oxygens (including phenoxy) is 2. The Morgan fingerprint density at radius 3 is 2.65 bits per heavy atom. The van der Waals surface area contributed by atoms with Gasteiger partial charge in [-0.15, -0.1) is 0 Å². The van der Waals surface area contributed by atoms with Gasteiger partial charge < -0.3 is 18.8 Å². The fraction of sp³-hybridized carbons (Fsp3) is 0.500. The Balaban J connectivity index is 1.97. The monoisotopic (exact) mass is 320 g/mol. The van der Waals surface area contributed by atoms with Gasteiger partial charge in [0.25, 0.3) is 0 Å². The minimum Gasteiger partial charge on any atom is -0.454 e. The number of furan rings is 1. The number of hydrogen-bond acceptors (Lipinski definition) is 4. The number of rotatable bonds is 9. The number of fused-ring (bicyclic) bond motifs is 1. The summed E-state index contributed by atoms with van der Waals surface area (Å²) in [4.78, 5) is 13.5. The average molecular weight is 320 g/mol. The predicted octanol–water partition coefficient (Wildman–Crippen LogP) is 2.05. The highest BCUT2D eigenvalue weighted by Crippen LogP contribution is 2.21. The Hall–Kier alpha value is -1.85. The van der Waals surface area contributed by atoms with Gasteiger partial charge in [0.1, 0.15) is 18.7 Å². The van der Waals surface area contributed by atoms with Crippen molar-refractivity contribution in [2.75, 3.05) is 32.8 Å². The van der Waals surface area contributed by atoms with Gasteiger partial charge in [-0.05, 0) is 44.5 Å². The number of likely N-dealkylation sites (N-methyl/N-ethyl adjacent to an activating group) is 1. The zero-order valence-electron chi connectivity index (χ0n) is 14.2. The third kappa shape index (κ3) is 4.81. The average Bonchev–Trinajstić information content (AvgIpc) is 3.00. The van der Waals surface area contributed by atoms with Crippen molar-refractivity contribution in [3.8, 4) is 0 Å². The highest BCUT2D eigenvalue weighted by molar-refractivity contribution is 5.92. The molecule has 0 amide bonds. The zero-order chi connectivity index (χ0) is 16.7. The highest BCUT2D eigenvalue weighted by atomic mass is 16.5. The number of esters is 1. The Bertz CT molecular complexity index is 631. The van der Waals surface area contributed by atoms with Crippen LogP contribution < -0.4 is 4.90 Å². The maximum Gasteiger partial charge on any atom is 0.374 e. The molecular formula is C18H26NO4+. The lowest BCUT2D eigenvalue weighted by atomic mass is 10.2. The molecular weight excluding hydrogens is 294 g/mol. The molecule has 0 saturated heterocycles. The van der Waals surface area contributed by atoms with E-state index in [1.165, 1.54) is 4.90 Å². The summed E-state index contributed by atoms with van der Waals surface area (Å²) in [5.74, 6) is -0.151. The molecule has 0 saturated carbocycles. The van der Waals surface area contributed by atoms with Crippen molar-refractivity contribution >= 4 is 16.9 Å². The maximum absolute atomic E-state index is 12.1. The lowest BCUT2D eigenvalue weighted by Gasteiger charge is -2.14. The Kier molecular flexibility index (Phi) is 6.62. The molecule has 0 radical (unpaired) electrons. The summed E-state index contributed by atoms with van der Waals surface area (Å²) in [7, 11) is 0. The number of carbonyl (C=O) groups excluding carboxylic acids is 1. The standard InChI is InChI=1S/C18H25NO4/c1-4-19(5-2)9-10-22-18(20)17-12-15-11-14(13-21-6-3)7-8-16(15)23-17/h7-8,11-12H,4-6,9-10,13H2,1-3H3/p+1. The second-order valence-corrected chi connectivity index (χ2v) is 5.46. The van der Waals surface area contributed by atoms with Crippen LogP contribution in [-0.4, -0.2) is 38.8 Å². The van der Waals surface area contributed by atoms with Crippen molar-refractivity contribution in [1.82, 2.24) is 0 Å². The molecule has 0 aliphatic heterocycles. The molecule has 0 aliphatic carbocycles. The van der Waals surface area contributed by atoms with E-state index in [0.717, 1.165) is 30.6 Å². The smallest absolute Gasteiger partial charge is 0.374 e. The van der Waals surface area contributed by atoms with Crippen LogP contribution in [0.2, 0.25) is 0 Å². The van der Waals surface area contributed by atoms with Crippen LogP contribution in [0.25, 0.3) is 11.0 Å². The number of benzene rings is 1. The molecule has 0 unspecified atom stereocenters. The number of carbonyl (C=O) groups is 1. The van der Waals surface area contributed by atoms with Crippen molar-refractivity contribution in [1.29, 1.82) is 0 Å². The van der Waals surface area contributed by atoms with Gasteiger partial charge >= 0.3 is 5.97 Å². The minimum atomic E-state index is -0.404. The van der Waals surface area contributed by atoms with E-state index < -0.39 is 5.97 Å². The first kappa shape index (κ1) is 17.5. The fourth-order valence-electron chi connectivity index (χ4n) is 2.47. The summed E-state index contributed by atoms with van der Waals surface area (Å²) in [6.07, 6.45) is 0. The number of hydrogen-bond donors (Lipinski definition) is 1. The SMILES string of the molecule is CCOCc1ccc2oc(C(=O)OCC[NH+](CC)CC)cc2c1. The van der Waals surface area contributed by atoms with E-state index in [2.05, 4.69) is 13.8 Å². The second kappa shape index (κ2) is 8.70. The molecule has 2 rings (SSSR count). The second-order valence-electron chi connectivity index (χ2n) is 5.46. The largest absolute Gasteiger partial charge is 0.454 e. The van der Waals surface area contributed by atoms with Crippen LogP contribution in [0.5, 0.6) is 0 Å². The van der Waals surface area contributed by atoms with Crippen LogP contribution in [0.3, 0.4) is 0 Å². The van der Waals surface area contributed by atoms with Gasteiger partial charge in [0, 0.05) is 12.0 Å². The van der Waals surface area contributed by atoms with Crippen molar-refractivity contribution in [2.24, 2.45) is 0 Å². The molecule has 1 aromatic carbocycles. The molecule has 1 heterocycles. The zero-order valence-corrected chi connectivity index (χ0v) is 14.2. The van der Waals surface area contributed by atoms with Gasteiger partial charge in [0.15, 0.2) is 0 Å². The molecule has 126 valence electrons. The van der Waals surface area contributed by atoms with Gasteiger partial charge in [-0.25, -0.2) is 4.79 Å². The van der Waals surface area contributed by atoms with Crippen molar-refractivity contribution in [3.05, 3.63) is 35.6 Å². The summed E-state index contributed by atoms with van der Waals surface area (Å²) in [6.45, 7) is 10.7. The van der Waals surface area contributed by atoms with Crippen LogP contribution in [-0.2, 0) is 16.1 Å². The molecule has 2 aromatic rings. The molecule has 23 heavy (non-hydrogen) atoms. The Morgan fingerprint density at radius 2 is 1.96 bits per heavy atom. The van der Waals surface area contributed by atoms with Crippen LogP contribution in [0.4, 0.5) is 0 Å². The molecule has 5 nitrogen and oxygen atoms in total. The maximum atomic E-state index is 12.1. The normalized spacial score (nSPS) is 11.3. The minimum absolute atomic E-state index is 0.253. The van der Waals surface area contributed by atoms with E-state index >= 15 is 0 Å². The van der Waals surface area contributed by atoms with E-state index in [9.17, 15) is 4.79 Å². The summed E-state index contributed by atoms with van der Waals surface area (Å²) in [5, 5.41) is 0.892. The van der Waals surface area contributed by atoms with E-state index in [4.69, 9.17) is 13.9 Å². The van der Waals surface area contributed by atoms with Crippen molar-refractivity contribution < 1.29 is 23.6 Å². The van der Waals surface area contributed by atoms with Crippen molar-refractivity contribution in [3.63, 3.8) is 0 Å². The first-order valence-electron chi connectivity index (χ1n) is 8.28. The lowest BCUT2D eigenvalue weighted by Crippen LogP contribution is -3.11. The third-order valence-corrected chi connectivity index (χ3v) is 3.94. The highest BCUT2D eigenvalue weighted by Gasteiger charge is 2.15. The molecule has 0 atom stereocenters. The fourth-order valence-corrected chi connectivity index (χ4v) is 2.47. The quantitative estimate of drug-likeness (QED) is 0.719. The Labute approximate surface area is 137 Å². The molecule has 0 spiro atoms. The van der Waals surface area contributed by atoms with Crippen molar-refractivity contribution in [2.45, 2.75) is 27.4 Å². The summed E-state index contributed by atoms with van der Waals surface area (Å²) < 4.78 is 16.3. The van der Waals surface area contributed by atoms with E-state index in [1.807, 2.05) is 25.1 Å². The van der Waals surface area contributed by atoms with Gasteiger partial charge in [0.2, 0.25) is 5.76 Å². The summed E-state index contributed by atoms with van der Waals surface area (Å²) in [6, 6.07) is 7.52. The van der Waals surface area contributed by atoms with Gasteiger partial charge in [-0.1, -0.05) is 6.07 Å². The Morgan fingerprint density at radius 1 is 1.17 bits per heavy atom. The molecule has 0 aliphatic rings. The lowest BCUT2D eigenvalue weighted by molar-refractivity contribution is -0.896. The van der Waals surface area contributed by atoms with Crippen LogP contribution in [0.1, 0.15) is 36.9 Å². The molecule has 5 heteroatoms. The van der Waals surface area contributed by atoms with Crippen LogP contribution in [0.15, 0.2) is 28.7 Å². The third-order valence-electron chi connectivity index (χ3n) is 3.94. The predicted molar refractivity (Wildman–Crippen MR) is 88.7 cm³/mol. The van der Waals surface area contributed by atoms with E-state index in [1.54, 1.807) is 6.07 Å². The number of quaternary nitrogens is 1. The molecule has 1 N–H and O–H groups in total. The van der Waals surface area contributed by atoms with Gasteiger partial charge in [-0.3, -0.25) is 0 Å².